The molecular weight excluding hydrogens is 1550 g/mol. The summed E-state index contributed by atoms with van der Waals surface area (Å²) in [4.78, 5) is 236. The van der Waals surface area contributed by atoms with Crippen molar-refractivity contribution in [3.05, 3.63) is 120 Å². The molecule has 6 rings (SSSR count). The van der Waals surface area contributed by atoms with Crippen LogP contribution < -0.4 is 75.3 Å². The van der Waals surface area contributed by atoms with Crippen LogP contribution >= 0.6 is 21.6 Å². The van der Waals surface area contributed by atoms with Crippen LogP contribution in [0.1, 0.15) is 102 Å². The molecule has 2 saturated heterocycles. The van der Waals surface area contributed by atoms with Crippen LogP contribution in [-0.2, 0) is 102 Å². The van der Waals surface area contributed by atoms with Gasteiger partial charge in [0, 0.05) is 82.4 Å². The highest BCUT2D eigenvalue weighted by molar-refractivity contribution is 8.77. The maximum atomic E-state index is 15.3. The molecule has 0 radical (unpaired) electrons. The molecule has 0 saturated carbocycles. The van der Waals surface area contributed by atoms with Gasteiger partial charge in [-0.15, -0.1) is 0 Å². The summed E-state index contributed by atoms with van der Waals surface area (Å²) in [5.41, 5.74) is 13.2. The Morgan fingerprint density at radius 2 is 1.33 bits per heavy atom. The van der Waals surface area contributed by atoms with Gasteiger partial charge in [0.1, 0.15) is 72.5 Å². The smallest absolute Gasteiger partial charge is 0.246 e. The molecule has 15 amide bonds. The number of H-pyrrole nitrogens is 1. The molecule has 20 N–H and O–H groups in total. The van der Waals surface area contributed by atoms with Crippen molar-refractivity contribution in [1.82, 2.24) is 88.5 Å². The molecule has 1 aromatic heterocycles. The maximum absolute atomic E-state index is 15.3. The normalized spacial score (nSPS) is 21.8. The zero-order valence-electron chi connectivity index (χ0n) is 65.7. The van der Waals surface area contributed by atoms with Crippen LogP contribution in [0.4, 0.5) is 0 Å². The first-order chi connectivity index (χ1) is 55.0. The van der Waals surface area contributed by atoms with Gasteiger partial charge in [-0.05, 0) is 87.6 Å². The Morgan fingerprint density at radius 1 is 0.698 bits per heavy atom. The highest BCUT2D eigenvalue weighted by Gasteiger charge is 2.44. The van der Waals surface area contributed by atoms with Crippen molar-refractivity contribution in [2.75, 3.05) is 59.1 Å². The molecule has 0 aliphatic carbocycles. The molecule has 2 fully saturated rings. The number of rotatable bonds is 26. The second-order valence-electron chi connectivity index (χ2n) is 29.0. The minimum absolute atomic E-state index is 0.00971. The van der Waals surface area contributed by atoms with E-state index >= 15 is 14.4 Å². The Bertz CT molecular complexity index is 4090. The number of amides is 15. The number of hydrogen-bond acceptors (Lipinski definition) is 22. The molecular formula is C76H106N20O18S2. The number of nitrogens with one attached hydrogen (secondary N) is 14. The molecule has 0 bridgehead atoms. The minimum Gasteiger partial charge on any atom is -0.508 e. The van der Waals surface area contributed by atoms with Gasteiger partial charge < -0.3 is 110 Å². The molecule has 40 heteroatoms. The molecule has 0 spiro atoms. The number of fused-ring (bicyclic) bond motifs is 1. The lowest BCUT2D eigenvalue weighted by Gasteiger charge is -2.35. The molecule has 2 aliphatic rings. The van der Waals surface area contributed by atoms with Gasteiger partial charge in [0.05, 0.1) is 44.3 Å². The average molecular weight is 1650 g/mol. The average Bonchev–Trinajstić information content (AvgIpc) is 1.36. The number of nitrogens with zero attached hydrogens (tertiary/aromatic N) is 4. The molecule has 116 heavy (non-hydrogen) atoms. The van der Waals surface area contributed by atoms with E-state index in [1.165, 1.54) is 69.6 Å². The summed E-state index contributed by atoms with van der Waals surface area (Å²) in [7, 11) is 4.37. The molecule has 2 aliphatic heterocycles. The number of aliphatic hydroxyl groups is 1. The molecule has 3 heterocycles. The zero-order valence-corrected chi connectivity index (χ0v) is 67.3. The van der Waals surface area contributed by atoms with Crippen LogP contribution in [0.15, 0.2) is 97.5 Å². The van der Waals surface area contributed by atoms with Gasteiger partial charge in [-0.3, -0.25) is 77.3 Å². The van der Waals surface area contributed by atoms with E-state index in [1.807, 2.05) is 0 Å². The number of nitrogens with two attached hydrogens (primary N) is 2. The fraction of sp³-hybridized carbons (Fsp3) is 0.500. The molecule has 38 nitrogen and oxygen atoms in total. The molecule has 3 aromatic carbocycles. The van der Waals surface area contributed by atoms with Crippen LogP contribution in [0.5, 0.6) is 5.75 Å². The first kappa shape index (κ1) is 93.2. The standard InChI is InChI=1S/C76H106N20O18S2/c1-43(2)32-57-71(111)90-54(35-47-22-24-49(99)25-23-47)74(114)96-30-15-21-56(96)70(110)91-55(65(77)105)41-115-116-76(4,5)64(93-69(109)52(34-46-18-12-9-13-19-46)89-67(107)50(20-14-28-82-75(78)79)86-59(101)27-26-58(100)81-29-31-97)73(113)92-63(44(3)98)72(112)83-38-60(102)87-53(36-48-37-80-42-85-48)68(108)88-51(33-45-16-10-8-11-17-45)66(106)84-39-61(103)94(6)40-62(104)95(57)7/h8-13,16-19,22-25,31,37,42-44,50-57,63-64,98-99H,14-15,20-21,26-30,32-36,38-41H2,1-7H3,(H2,77,105)(H,80,85)(H,81,100)(H,83,112)(H,84,106)(H,86,101)(H,87,102)(H,88,108)(H,89,107)(H,90,111)(H,91,110)(H,92,113)(H,93,109)(H4,78,79,82)/t44-,50+,51+,52+,53+,54+,55+,56+,57+,63+,64-/m1/s1. The van der Waals surface area contributed by atoms with Crippen molar-refractivity contribution in [2.24, 2.45) is 17.4 Å². The van der Waals surface area contributed by atoms with Crippen molar-refractivity contribution in [3.63, 3.8) is 0 Å². The van der Waals surface area contributed by atoms with Crippen molar-refractivity contribution in [3.8, 4) is 5.75 Å². The summed E-state index contributed by atoms with van der Waals surface area (Å²) in [5.74, 6) is -14.6. The fourth-order valence-electron chi connectivity index (χ4n) is 12.5. The van der Waals surface area contributed by atoms with Crippen LogP contribution in [-0.4, -0.2) is 266 Å². The SMILES string of the molecule is CC(C)C[C@H]1C(=O)N[C@@H](Cc2ccc(O)cc2)C(=O)N2CCC[C@H]2C(=O)N[C@H](C(N)=O)CSSC(C)(C)[C@H](NC(=O)[C@H](Cc2ccccc2)NC(=O)[C@H](CCCNC(=N)N)NC(=O)CCC(=O)NCC=O)C(=O)N[C@@H]([C@@H](C)O)C(=O)NCC(=O)N[C@@H](Cc2c[nH]cn2)C(=O)N[C@@H](Cc2ccccc2)C(=O)NCC(=O)N(C)CC(=O)N1C. The van der Waals surface area contributed by atoms with Crippen LogP contribution in [0.25, 0.3) is 0 Å². The predicted molar refractivity (Wildman–Crippen MR) is 427 cm³/mol. The monoisotopic (exact) mass is 1650 g/mol. The second kappa shape index (κ2) is 46.0. The van der Waals surface area contributed by atoms with Crippen LogP contribution in [0, 0.1) is 11.3 Å². The number of imidazole rings is 1. The molecule has 630 valence electrons. The summed E-state index contributed by atoms with van der Waals surface area (Å²) in [5, 5.41) is 60.0. The lowest BCUT2D eigenvalue weighted by Crippen LogP contribution is -2.64. The van der Waals surface area contributed by atoms with Gasteiger partial charge in [0.15, 0.2) is 5.96 Å². The van der Waals surface area contributed by atoms with E-state index in [4.69, 9.17) is 16.9 Å². The van der Waals surface area contributed by atoms with E-state index in [2.05, 4.69) is 73.8 Å². The van der Waals surface area contributed by atoms with Crippen molar-refractivity contribution >= 4 is 122 Å². The highest BCUT2D eigenvalue weighted by Crippen LogP contribution is 2.39. The number of aromatic hydroxyl groups is 1. The first-order valence-corrected chi connectivity index (χ1v) is 40.0. The number of likely N-dealkylation sites (N-methyl/N-ethyl adjacent to an activating group) is 2. The number of benzene rings is 3. The quantitative estimate of drug-likeness (QED) is 0.00943. The van der Waals surface area contributed by atoms with E-state index < -0.39 is 192 Å². The van der Waals surface area contributed by atoms with Gasteiger partial charge in [0.2, 0.25) is 88.6 Å². The Balaban J connectivity index is 1.40. The molecule has 4 aromatic rings. The Hall–Kier alpha value is -11.7. The highest BCUT2D eigenvalue weighted by atomic mass is 33.1. The molecule has 0 unspecified atom stereocenters. The second-order valence-corrected chi connectivity index (χ2v) is 32.0. The zero-order chi connectivity index (χ0) is 85.3. The van der Waals surface area contributed by atoms with Gasteiger partial charge in [-0.25, -0.2) is 4.98 Å². The van der Waals surface area contributed by atoms with Gasteiger partial charge >= 0.3 is 0 Å². The van der Waals surface area contributed by atoms with E-state index in [0.717, 1.165) is 38.3 Å². The Kier molecular flexibility index (Phi) is 37.0. The molecule has 11 atom stereocenters. The lowest BCUT2D eigenvalue weighted by molar-refractivity contribution is -0.145. The number of carbonyl (C=O) groups excluding carboxylic acids is 16. The predicted octanol–water partition coefficient (Wildman–Crippen LogP) is -3.78. The number of phenolic OH excluding ortho intramolecular Hbond substituents is 1. The third-order valence-corrected chi connectivity index (χ3v) is 22.2. The largest absolute Gasteiger partial charge is 0.508 e. The number of aliphatic hydroxyl groups excluding tert-OH is 1. The summed E-state index contributed by atoms with van der Waals surface area (Å²) in [6, 6.07) is 7.20. The van der Waals surface area contributed by atoms with E-state index in [0.29, 0.717) is 23.0 Å². The van der Waals surface area contributed by atoms with Crippen molar-refractivity contribution in [2.45, 2.75) is 177 Å². The number of aldehydes is 1. The summed E-state index contributed by atoms with van der Waals surface area (Å²) in [6.07, 6.45) is 0.0264. The van der Waals surface area contributed by atoms with E-state index in [9.17, 15) is 72.5 Å². The third-order valence-electron chi connectivity index (χ3n) is 18.8. The van der Waals surface area contributed by atoms with Gasteiger partial charge in [0.25, 0.3) is 0 Å². The summed E-state index contributed by atoms with van der Waals surface area (Å²) >= 11 is 0. The Morgan fingerprint density at radius 3 is 1.96 bits per heavy atom. The van der Waals surface area contributed by atoms with Crippen molar-refractivity contribution < 1.29 is 86.9 Å². The Labute approximate surface area is 678 Å². The number of aromatic nitrogens is 2. The summed E-state index contributed by atoms with van der Waals surface area (Å²) in [6.45, 7) is 5.14. The minimum atomic E-state index is -1.94. The van der Waals surface area contributed by atoms with E-state index in [1.54, 1.807) is 74.5 Å². The summed E-state index contributed by atoms with van der Waals surface area (Å²) < 4.78 is -1.63. The number of primary amides is 1. The number of guanidine groups is 1. The number of hydrogen-bond donors (Lipinski definition) is 18. The fourth-order valence-corrected chi connectivity index (χ4v) is 15.3. The van der Waals surface area contributed by atoms with Crippen molar-refractivity contribution in [1.29, 1.82) is 5.41 Å². The lowest BCUT2D eigenvalue weighted by atomic mass is 9.99. The van der Waals surface area contributed by atoms with Crippen LogP contribution in [0.3, 0.4) is 0 Å². The maximum Gasteiger partial charge on any atom is 0.246 e. The number of carbonyl (C=O) groups is 16. The topological polar surface area (TPSA) is 572 Å². The number of aromatic amines is 1. The van der Waals surface area contributed by atoms with Crippen LogP contribution in [0.2, 0.25) is 0 Å². The third kappa shape index (κ3) is 30.3. The van der Waals surface area contributed by atoms with E-state index in [-0.39, 0.29) is 107 Å². The number of phenols is 1. The van der Waals surface area contributed by atoms with Gasteiger partial charge in [-0.2, -0.15) is 0 Å². The first-order valence-electron chi connectivity index (χ1n) is 37.7. The van der Waals surface area contributed by atoms with Gasteiger partial charge in [-0.1, -0.05) is 108 Å².